The van der Waals surface area contributed by atoms with E-state index in [1.807, 2.05) is 12.1 Å². The van der Waals surface area contributed by atoms with E-state index >= 15 is 0 Å². The Morgan fingerprint density at radius 3 is 2.80 bits per heavy atom. The molecule has 0 unspecified atom stereocenters. The van der Waals surface area contributed by atoms with Crippen LogP contribution in [0.4, 0.5) is 5.69 Å². The Morgan fingerprint density at radius 2 is 2.10 bits per heavy atom. The first kappa shape index (κ1) is 15.1. The summed E-state index contributed by atoms with van der Waals surface area (Å²) in [6, 6.07) is 5.51. The van der Waals surface area contributed by atoms with E-state index in [9.17, 15) is 0 Å². The van der Waals surface area contributed by atoms with Gasteiger partial charge in [-0.25, -0.2) is 0 Å². The van der Waals surface area contributed by atoms with Crippen LogP contribution in [0.3, 0.4) is 0 Å². The fraction of sp³-hybridized carbons (Fsp3) is 0.500. The zero-order chi connectivity index (χ0) is 14.5. The fourth-order valence-corrected chi connectivity index (χ4v) is 2.75. The molecule has 1 saturated heterocycles. The van der Waals surface area contributed by atoms with Gasteiger partial charge in [0.2, 0.25) is 0 Å². The molecule has 0 bridgehead atoms. The van der Waals surface area contributed by atoms with E-state index in [1.165, 1.54) is 0 Å². The second kappa shape index (κ2) is 6.92. The Hall–Kier alpha value is -1.30. The van der Waals surface area contributed by atoms with E-state index in [-0.39, 0.29) is 12.4 Å². The zero-order valence-electron chi connectivity index (χ0n) is 11.5. The summed E-state index contributed by atoms with van der Waals surface area (Å²) in [5.74, 6) is 0.0407. The number of hydrogen-bond acceptors (Lipinski definition) is 4. The van der Waals surface area contributed by atoms with Crippen molar-refractivity contribution in [3.63, 3.8) is 0 Å². The lowest BCUT2D eigenvalue weighted by Crippen LogP contribution is -2.33. The van der Waals surface area contributed by atoms with E-state index in [1.54, 1.807) is 6.07 Å². The first-order chi connectivity index (χ1) is 9.61. The summed E-state index contributed by atoms with van der Waals surface area (Å²) in [7, 11) is 0. The summed E-state index contributed by atoms with van der Waals surface area (Å²) in [4.78, 5) is 4.49. The van der Waals surface area contributed by atoms with Gasteiger partial charge in [-0.3, -0.25) is 10.3 Å². The summed E-state index contributed by atoms with van der Waals surface area (Å²) >= 11 is 5.99. The molecule has 1 heterocycles. The molecule has 0 saturated carbocycles. The minimum Gasteiger partial charge on any atom is -0.395 e. The molecule has 0 spiro atoms. The molecule has 1 aliphatic rings. The predicted octanol–water partition coefficient (Wildman–Crippen LogP) is 1.13. The molecule has 0 atom stereocenters. The van der Waals surface area contributed by atoms with Crippen molar-refractivity contribution in [2.24, 2.45) is 5.73 Å². The van der Waals surface area contributed by atoms with Crippen molar-refractivity contribution in [2.75, 3.05) is 44.2 Å². The number of nitrogen functional groups attached to an aromatic ring is 1. The fourth-order valence-electron chi connectivity index (χ4n) is 2.58. The van der Waals surface area contributed by atoms with E-state index < -0.39 is 0 Å². The Bertz CT molecular complexity index is 480. The molecule has 0 aromatic heterocycles. The number of benzene rings is 1. The van der Waals surface area contributed by atoms with Gasteiger partial charge < -0.3 is 15.7 Å². The highest BCUT2D eigenvalue weighted by atomic mass is 35.5. The maximum absolute atomic E-state index is 9.03. The van der Waals surface area contributed by atoms with Crippen molar-refractivity contribution in [2.45, 2.75) is 6.42 Å². The van der Waals surface area contributed by atoms with Crippen LogP contribution < -0.4 is 10.6 Å². The maximum Gasteiger partial charge on any atom is 0.124 e. The van der Waals surface area contributed by atoms with Gasteiger partial charge in [-0.1, -0.05) is 11.6 Å². The number of aliphatic hydroxyl groups is 1. The molecule has 20 heavy (non-hydrogen) atoms. The second-order valence-corrected chi connectivity index (χ2v) is 5.42. The van der Waals surface area contributed by atoms with Crippen molar-refractivity contribution in [1.82, 2.24) is 4.90 Å². The normalized spacial score (nSPS) is 17.0. The number of nitrogens with two attached hydrogens (primary N) is 1. The van der Waals surface area contributed by atoms with Crippen LogP contribution >= 0.6 is 11.6 Å². The average Bonchev–Trinajstić information content (AvgIpc) is 2.65. The Morgan fingerprint density at radius 1 is 1.30 bits per heavy atom. The second-order valence-electron chi connectivity index (χ2n) is 4.98. The Balaban J connectivity index is 2.17. The van der Waals surface area contributed by atoms with E-state index in [2.05, 4.69) is 9.80 Å². The summed E-state index contributed by atoms with van der Waals surface area (Å²) < 4.78 is 0. The smallest absolute Gasteiger partial charge is 0.124 e. The van der Waals surface area contributed by atoms with Crippen molar-refractivity contribution in [3.8, 4) is 0 Å². The molecule has 1 aliphatic heterocycles. The average molecular weight is 297 g/mol. The van der Waals surface area contributed by atoms with Gasteiger partial charge in [-0.05, 0) is 31.2 Å². The number of nitrogens with zero attached hydrogens (tertiary/aromatic N) is 2. The number of halogens is 1. The molecule has 4 N–H and O–H groups in total. The van der Waals surface area contributed by atoms with Gasteiger partial charge >= 0.3 is 0 Å². The summed E-state index contributed by atoms with van der Waals surface area (Å²) in [6.07, 6.45) is 1.03. The molecular weight excluding hydrogens is 276 g/mol. The lowest BCUT2D eigenvalue weighted by molar-refractivity contribution is 0.204. The topological polar surface area (TPSA) is 76.6 Å². The lowest BCUT2D eigenvalue weighted by atomic mass is 10.1. The molecule has 110 valence electrons. The summed E-state index contributed by atoms with van der Waals surface area (Å²) in [6.45, 7) is 4.58. The first-order valence-corrected chi connectivity index (χ1v) is 7.21. The van der Waals surface area contributed by atoms with Crippen LogP contribution in [0, 0.1) is 5.41 Å². The number of rotatable bonds is 4. The third-order valence-corrected chi connectivity index (χ3v) is 3.83. The highest BCUT2D eigenvalue weighted by Crippen LogP contribution is 2.25. The Labute approximate surface area is 124 Å². The van der Waals surface area contributed by atoms with Crippen molar-refractivity contribution in [1.29, 1.82) is 5.41 Å². The molecule has 1 fully saturated rings. The lowest BCUT2D eigenvalue weighted by Gasteiger charge is -2.25. The van der Waals surface area contributed by atoms with Gasteiger partial charge in [0, 0.05) is 42.5 Å². The number of anilines is 1. The summed E-state index contributed by atoms with van der Waals surface area (Å²) in [5.41, 5.74) is 7.31. The van der Waals surface area contributed by atoms with Crippen LogP contribution in [0.25, 0.3) is 0 Å². The minimum absolute atomic E-state index is 0.0407. The van der Waals surface area contributed by atoms with Crippen LogP contribution in [0.1, 0.15) is 12.0 Å². The molecular formula is C14H21ClN4O. The van der Waals surface area contributed by atoms with Crippen molar-refractivity contribution >= 4 is 23.1 Å². The Kier molecular flexibility index (Phi) is 5.23. The van der Waals surface area contributed by atoms with E-state index in [0.29, 0.717) is 17.1 Å². The first-order valence-electron chi connectivity index (χ1n) is 6.84. The highest BCUT2D eigenvalue weighted by molar-refractivity contribution is 6.31. The quantitative estimate of drug-likeness (QED) is 0.575. The predicted molar refractivity (Wildman–Crippen MR) is 82.8 cm³/mol. The monoisotopic (exact) mass is 296 g/mol. The van der Waals surface area contributed by atoms with Crippen LogP contribution in [0.15, 0.2) is 18.2 Å². The third kappa shape index (κ3) is 3.62. The molecule has 1 aromatic carbocycles. The van der Waals surface area contributed by atoms with Crippen LogP contribution in [0.5, 0.6) is 0 Å². The summed E-state index contributed by atoms with van der Waals surface area (Å²) in [5, 5.41) is 17.3. The minimum atomic E-state index is 0.0407. The number of amidine groups is 1. The molecule has 2 rings (SSSR count). The SMILES string of the molecule is N=C(N)c1cc(Cl)ccc1N1CCCN(CCO)CC1. The molecule has 0 aliphatic carbocycles. The molecule has 0 radical (unpaired) electrons. The number of hydrogen-bond donors (Lipinski definition) is 3. The largest absolute Gasteiger partial charge is 0.395 e. The molecule has 0 amide bonds. The number of β-amino-alcohol motifs (C(OH)–C–C–N with tert-alkyl or cyclic N) is 1. The maximum atomic E-state index is 9.03. The van der Waals surface area contributed by atoms with Crippen LogP contribution in [0.2, 0.25) is 5.02 Å². The van der Waals surface area contributed by atoms with Gasteiger partial charge in [0.05, 0.1) is 6.61 Å². The van der Waals surface area contributed by atoms with Crippen LogP contribution in [-0.2, 0) is 0 Å². The molecule has 6 heteroatoms. The van der Waals surface area contributed by atoms with Gasteiger partial charge in [-0.15, -0.1) is 0 Å². The standard InChI is InChI=1S/C14H21ClN4O/c15-11-2-3-13(12(10-11)14(16)17)19-5-1-4-18(6-7-19)8-9-20/h2-3,10,20H,1,4-9H2,(H3,16,17). The number of aliphatic hydroxyl groups excluding tert-OH is 1. The highest BCUT2D eigenvalue weighted by Gasteiger charge is 2.18. The van der Waals surface area contributed by atoms with E-state index in [4.69, 9.17) is 27.9 Å². The van der Waals surface area contributed by atoms with Gasteiger partial charge in [0.25, 0.3) is 0 Å². The molecule has 1 aromatic rings. The molecule has 5 nitrogen and oxygen atoms in total. The van der Waals surface area contributed by atoms with Gasteiger partial charge in [0.15, 0.2) is 0 Å². The van der Waals surface area contributed by atoms with Gasteiger partial charge in [-0.2, -0.15) is 0 Å². The van der Waals surface area contributed by atoms with E-state index in [0.717, 1.165) is 38.3 Å². The van der Waals surface area contributed by atoms with Crippen LogP contribution in [-0.4, -0.2) is 55.2 Å². The van der Waals surface area contributed by atoms with Gasteiger partial charge in [0.1, 0.15) is 5.84 Å². The van der Waals surface area contributed by atoms with Crippen molar-refractivity contribution in [3.05, 3.63) is 28.8 Å². The third-order valence-electron chi connectivity index (χ3n) is 3.59. The zero-order valence-corrected chi connectivity index (χ0v) is 12.2. The number of nitrogens with one attached hydrogen (secondary N) is 1. The van der Waals surface area contributed by atoms with Crippen molar-refractivity contribution < 1.29 is 5.11 Å².